The van der Waals surface area contributed by atoms with E-state index in [0.29, 0.717) is 0 Å². The van der Waals surface area contributed by atoms with E-state index in [0.717, 1.165) is 29.1 Å². The van der Waals surface area contributed by atoms with E-state index in [9.17, 15) is 0 Å². The van der Waals surface area contributed by atoms with Crippen LogP contribution in [0.25, 0.3) is 0 Å². The first-order valence-electron chi connectivity index (χ1n) is 8.31. The van der Waals surface area contributed by atoms with Crippen LogP contribution in [0.5, 0.6) is 5.75 Å². The number of ether oxygens (including phenoxy) is 1. The minimum absolute atomic E-state index is 0.725. The molecule has 3 nitrogen and oxygen atoms in total. The monoisotopic (exact) mass is 318 g/mol. The number of fused-ring (bicyclic) bond motifs is 1. The summed E-state index contributed by atoms with van der Waals surface area (Å²) < 4.78 is 5.42. The summed E-state index contributed by atoms with van der Waals surface area (Å²) in [5, 5.41) is 3.08. The SMILES string of the molecule is CNC(=S)CN1CCC(C2CCc3ccc(OC)cc32)CC1. The number of thiocarbonyl (C=S) groups is 1. The molecule has 1 aromatic rings. The van der Waals surface area contributed by atoms with E-state index in [-0.39, 0.29) is 0 Å². The number of nitrogens with zero attached hydrogens (tertiary/aromatic N) is 1. The van der Waals surface area contributed by atoms with Gasteiger partial charge in [0.1, 0.15) is 5.75 Å². The number of hydrogen-bond donors (Lipinski definition) is 1. The van der Waals surface area contributed by atoms with E-state index in [1.165, 1.54) is 44.3 Å². The smallest absolute Gasteiger partial charge is 0.119 e. The Kier molecular flexibility index (Phi) is 4.99. The largest absolute Gasteiger partial charge is 0.497 e. The van der Waals surface area contributed by atoms with Gasteiger partial charge in [0, 0.05) is 13.6 Å². The van der Waals surface area contributed by atoms with Gasteiger partial charge in [0.15, 0.2) is 0 Å². The average Bonchev–Trinajstić information content (AvgIpc) is 2.98. The molecule has 4 heteroatoms. The van der Waals surface area contributed by atoms with Gasteiger partial charge in [-0.25, -0.2) is 0 Å². The number of hydrogen-bond acceptors (Lipinski definition) is 3. The molecular formula is C18H26N2OS. The van der Waals surface area contributed by atoms with Crippen LogP contribution in [0.1, 0.15) is 36.3 Å². The first-order chi connectivity index (χ1) is 10.7. The summed E-state index contributed by atoms with van der Waals surface area (Å²) in [6.45, 7) is 3.25. The maximum atomic E-state index is 5.42. The quantitative estimate of drug-likeness (QED) is 0.863. The summed E-state index contributed by atoms with van der Waals surface area (Å²) in [5.74, 6) is 2.54. The predicted molar refractivity (Wildman–Crippen MR) is 94.9 cm³/mol. The molecule has 1 unspecified atom stereocenters. The van der Waals surface area contributed by atoms with Gasteiger partial charge in [-0.05, 0) is 73.9 Å². The van der Waals surface area contributed by atoms with Crippen LogP contribution >= 0.6 is 12.2 Å². The molecule has 0 amide bonds. The molecular weight excluding hydrogens is 292 g/mol. The Hall–Kier alpha value is -1.13. The van der Waals surface area contributed by atoms with Crippen LogP contribution in [-0.4, -0.2) is 43.7 Å². The van der Waals surface area contributed by atoms with Crippen LogP contribution in [0.3, 0.4) is 0 Å². The van der Waals surface area contributed by atoms with Crippen molar-refractivity contribution in [2.75, 3.05) is 33.8 Å². The molecule has 0 saturated carbocycles. The lowest BCUT2D eigenvalue weighted by atomic mass is 9.81. The first kappa shape index (κ1) is 15.8. The highest BCUT2D eigenvalue weighted by Gasteiger charge is 2.32. The van der Waals surface area contributed by atoms with Crippen molar-refractivity contribution in [2.45, 2.75) is 31.6 Å². The number of piperidine rings is 1. The normalized spacial score (nSPS) is 22.4. The van der Waals surface area contributed by atoms with E-state index in [2.05, 4.69) is 28.4 Å². The molecule has 1 aromatic carbocycles. The highest BCUT2D eigenvalue weighted by atomic mass is 32.1. The molecule has 1 atom stereocenters. The van der Waals surface area contributed by atoms with E-state index in [1.54, 1.807) is 12.7 Å². The van der Waals surface area contributed by atoms with Crippen molar-refractivity contribution in [3.05, 3.63) is 29.3 Å². The number of rotatable bonds is 4. The number of likely N-dealkylation sites (N-methyl/N-ethyl adjacent to an activating group) is 1. The van der Waals surface area contributed by atoms with Gasteiger partial charge in [-0.1, -0.05) is 18.3 Å². The fourth-order valence-electron chi connectivity index (χ4n) is 4.02. The van der Waals surface area contributed by atoms with Crippen molar-refractivity contribution in [2.24, 2.45) is 5.92 Å². The Bertz CT molecular complexity index is 538. The molecule has 0 spiro atoms. The van der Waals surface area contributed by atoms with Crippen LogP contribution in [0.2, 0.25) is 0 Å². The summed E-state index contributed by atoms with van der Waals surface area (Å²) >= 11 is 5.29. The van der Waals surface area contributed by atoms with Crippen molar-refractivity contribution in [3.8, 4) is 5.75 Å². The Balaban J connectivity index is 1.63. The molecule has 1 saturated heterocycles. The highest BCUT2D eigenvalue weighted by Crippen LogP contribution is 2.43. The molecule has 0 radical (unpaired) electrons. The zero-order valence-corrected chi connectivity index (χ0v) is 14.4. The second kappa shape index (κ2) is 6.97. The maximum Gasteiger partial charge on any atom is 0.119 e. The molecule has 1 aliphatic carbocycles. The van der Waals surface area contributed by atoms with Crippen molar-refractivity contribution in [1.82, 2.24) is 10.2 Å². The molecule has 1 heterocycles. The first-order valence-corrected chi connectivity index (χ1v) is 8.72. The third kappa shape index (κ3) is 3.28. The lowest BCUT2D eigenvalue weighted by Crippen LogP contribution is -2.40. The van der Waals surface area contributed by atoms with Gasteiger partial charge >= 0.3 is 0 Å². The molecule has 1 fully saturated rings. The minimum Gasteiger partial charge on any atom is -0.497 e. The van der Waals surface area contributed by atoms with Gasteiger partial charge in [-0.15, -0.1) is 0 Å². The Morgan fingerprint density at radius 3 is 2.77 bits per heavy atom. The summed E-state index contributed by atoms with van der Waals surface area (Å²) in [5.41, 5.74) is 3.08. The van der Waals surface area contributed by atoms with E-state index >= 15 is 0 Å². The van der Waals surface area contributed by atoms with E-state index < -0.39 is 0 Å². The zero-order valence-electron chi connectivity index (χ0n) is 13.6. The fraction of sp³-hybridized carbons (Fsp3) is 0.611. The number of benzene rings is 1. The summed E-state index contributed by atoms with van der Waals surface area (Å²) in [4.78, 5) is 3.44. The predicted octanol–water partition coefficient (Wildman–Crippen LogP) is 2.98. The van der Waals surface area contributed by atoms with E-state index in [4.69, 9.17) is 17.0 Å². The van der Waals surface area contributed by atoms with Crippen LogP contribution in [0.4, 0.5) is 0 Å². The number of aryl methyl sites for hydroxylation is 1. The number of methoxy groups -OCH3 is 1. The maximum absolute atomic E-state index is 5.42. The highest BCUT2D eigenvalue weighted by molar-refractivity contribution is 7.80. The molecule has 22 heavy (non-hydrogen) atoms. The summed E-state index contributed by atoms with van der Waals surface area (Å²) in [6.07, 6.45) is 5.11. The zero-order chi connectivity index (χ0) is 15.5. The van der Waals surface area contributed by atoms with Gasteiger partial charge in [0.05, 0.1) is 12.1 Å². The molecule has 0 bridgehead atoms. The van der Waals surface area contributed by atoms with Gasteiger partial charge in [-0.2, -0.15) is 0 Å². The molecule has 120 valence electrons. The topological polar surface area (TPSA) is 24.5 Å². The third-order valence-electron chi connectivity index (χ3n) is 5.32. The van der Waals surface area contributed by atoms with Crippen molar-refractivity contribution in [1.29, 1.82) is 0 Å². The second-order valence-corrected chi connectivity index (χ2v) is 6.99. The lowest BCUT2D eigenvalue weighted by Gasteiger charge is -2.35. The Morgan fingerprint density at radius 1 is 1.32 bits per heavy atom. The second-order valence-electron chi connectivity index (χ2n) is 6.50. The summed E-state index contributed by atoms with van der Waals surface area (Å²) in [6, 6.07) is 6.63. The summed E-state index contributed by atoms with van der Waals surface area (Å²) in [7, 11) is 3.67. The van der Waals surface area contributed by atoms with Crippen LogP contribution in [0, 0.1) is 5.92 Å². The standard InChI is InChI=1S/C18H26N2OS/c1-19-18(22)12-20-9-7-14(8-10-20)16-6-4-13-3-5-15(21-2)11-17(13)16/h3,5,11,14,16H,4,6-10,12H2,1-2H3,(H,19,22). The van der Waals surface area contributed by atoms with Gasteiger partial charge in [0.2, 0.25) is 0 Å². The van der Waals surface area contributed by atoms with E-state index in [1.807, 2.05) is 7.05 Å². The van der Waals surface area contributed by atoms with Gasteiger partial charge in [-0.3, -0.25) is 4.90 Å². The third-order valence-corrected chi connectivity index (χ3v) is 5.66. The Labute approximate surface area is 139 Å². The molecule has 0 aromatic heterocycles. The molecule has 3 rings (SSSR count). The van der Waals surface area contributed by atoms with Gasteiger partial charge in [0.25, 0.3) is 0 Å². The lowest BCUT2D eigenvalue weighted by molar-refractivity contribution is 0.186. The molecule has 2 aliphatic rings. The number of likely N-dealkylation sites (tertiary alicyclic amines) is 1. The van der Waals surface area contributed by atoms with Crippen LogP contribution in [0.15, 0.2) is 18.2 Å². The Morgan fingerprint density at radius 2 is 2.09 bits per heavy atom. The van der Waals surface area contributed by atoms with Gasteiger partial charge < -0.3 is 10.1 Å². The molecule has 1 aliphatic heterocycles. The van der Waals surface area contributed by atoms with Crippen LogP contribution < -0.4 is 10.1 Å². The minimum atomic E-state index is 0.725. The number of nitrogens with one attached hydrogen (secondary N) is 1. The average molecular weight is 318 g/mol. The van der Waals surface area contributed by atoms with Crippen molar-refractivity contribution in [3.63, 3.8) is 0 Å². The fourth-order valence-corrected chi connectivity index (χ4v) is 4.21. The molecule has 1 N–H and O–H groups in total. The van der Waals surface area contributed by atoms with Crippen LogP contribution in [-0.2, 0) is 6.42 Å². The van der Waals surface area contributed by atoms with Crippen molar-refractivity contribution >= 4 is 17.2 Å². The van der Waals surface area contributed by atoms with Crippen molar-refractivity contribution < 1.29 is 4.74 Å².